The fourth-order valence-electron chi connectivity index (χ4n) is 3.49. The van der Waals surface area contributed by atoms with Gasteiger partial charge in [0.2, 0.25) is 0 Å². The second kappa shape index (κ2) is 6.07. The number of halogens is 2. The van der Waals surface area contributed by atoms with Crippen molar-refractivity contribution in [2.24, 2.45) is 5.92 Å². The number of nitrogens with zero attached hydrogens (tertiary/aromatic N) is 3. The molecule has 5 nitrogen and oxygen atoms in total. The van der Waals surface area contributed by atoms with E-state index in [1.165, 1.54) is 25.7 Å². The predicted octanol–water partition coefficient (Wildman–Crippen LogP) is 2.93. The maximum atomic E-state index is 12.4. The maximum Gasteiger partial charge on any atom is 0.284 e. The monoisotopic (exact) mass is 340 g/mol. The molecular weight excluding hydrogens is 323 g/mol. The third kappa shape index (κ3) is 2.81. The van der Waals surface area contributed by atoms with Crippen LogP contribution >= 0.6 is 24.0 Å². The van der Waals surface area contributed by atoms with Crippen molar-refractivity contribution in [1.82, 2.24) is 19.8 Å². The lowest BCUT2D eigenvalue weighted by Gasteiger charge is -2.44. The van der Waals surface area contributed by atoms with Gasteiger partial charge in [-0.2, -0.15) is 0 Å². The topological polar surface area (TPSA) is 49.6 Å². The average Bonchev–Trinajstić information content (AvgIpc) is 2.87. The van der Waals surface area contributed by atoms with Crippen LogP contribution in [0.15, 0.2) is 24.7 Å². The minimum absolute atomic E-state index is 0. The van der Waals surface area contributed by atoms with Crippen molar-refractivity contribution in [3.8, 4) is 0 Å². The highest BCUT2D eigenvalue weighted by molar-refractivity contribution is 6.31. The Labute approximate surface area is 140 Å². The summed E-state index contributed by atoms with van der Waals surface area (Å²) in [6, 6.07) is 4.08. The Morgan fingerprint density at radius 3 is 2.73 bits per heavy atom. The van der Waals surface area contributed by atoms with Gasteiger partial charge in [0.05, 0.1) is 10.5 Å². The zero-order valence-corrected chi connectivity index (χ0v) is 13.6. The molecular formula is C15H18Cl2N4O. The van der Waals surface area contributed by atoms with Crippen LogP contribution in [0.1, 0.15) is 36.2 Å². The summed E-state index contributed by atoms with van der Waals surface area (Å²) in [5.74, 6) is 0.595. The van der Waals surface area contributed by atoms with Gasteiger partial charge in [0.1, 0.15) is 12.0 Å². The average molecular weight is 341 g/mol. The Kier molecular flexibility index (Phi) is 4.30. The number of rotatable bonds is 2. The molecule has 0 unspecified atom stereocenters. The molecule has 0 atom stereocenters. The van der Waals surface area contributed by atoms with Crippen LogP contribution in [-0.4, -0.2) is 32.9 Å². The summed E-state index contributed by atoms with van der Waals surface area (Å²) < 4.78 is 1.81. The number of hydrogen-bond donors (Lipinski definition) is 1. The van der Waals surface area contributed by atoms with Gasteiger partial charge >= 0.3 is 0 Å². The predicted molar refractivity (Wildman–Crippen MR) is 87.4 cm³/mol. The normalized spacial score (nSPS) is 24.2. The summed E-state index contributed by atoms with van der Waals surface area (Å²) >= 11 is 5.96. The second-order valence-electron chi connectivity index (χ2n) is 6.03. The molecule has 2 aromatic heterocycles. The Bertz CT molecular complexity index is 694. The van der Waals surface area contributed by atoms with E-state index in [1.807, 2.05) is 10.5 Å². The van der Waals surface area contributed by atoms with Crippen LogP contribution in [0.3, 0.4) is 0 Å². The zero-order valence-electron chi connectivity index (χ0n) is 12.0. The minimum Gasteiger partial charge on any atom is -0.306 e. The van der Waals surface area contributed by atoms with Crippen LogP contribution < -0.4 is 5.43 Å². The first kappa shape index (κ1) is 15.6. The second-order valence-corrected chi connectivity index (χ2v) is 6.47. The lowest BCUT2D eigenvalue weighted by atomic mass is 9.81. The number of aromatic nitrogens is 2. The number of carbonyl (C=O) groups excluding carboxylic acids is 1. The van der Waals surface area contributed by atoms with Gasteiger partial charge in [0, 0.05) is 18.8 Å². The molecule has 1 aliphatic carbocycles. The van der Waals surface area contributed by atoms with E-state index in [-0.39, 0.29) is 18.3 Å². The fraction of sp³-hybridized carbons (Fsp3) is 0.467. The van der Waals surface area contributed by atoms with Crippen molar-refractivity contribution in [3.63, 3.8) is 0 Å². The third-order valence-corrected chi connectivity index (χ3v) is 4.85. The summed E-state index contributed by atoms with van der Waals surface area (Å²) in [5.41, 5.74) is 4.33. The highest BCUT2D eigenvalue weighted by Gasteiger charge is 2.34. The molecule has 2 bridgehead atoms. The van der Waals surface area contributed by atoms with E-state index < -0.39 is 0 Å². The van der Waals surface area contributed by atoms with Crippen LogP contribution in [0.2, 0.25) is 5.02 Å². The van der Waals surface area contributed by atoms with E-state index in [4.69, 9.17) is 11.6 Å². The van der Waals surface area contributed by atoms with Crippen LogP contribution in [0.25, 0.3) is 5.52 Å². The van der Waals surface area contributed by atoms with E-state index in [0.717, 1.165) is 18.0 Å². The molecule has 2 saturated heterocycles. The van der Waals surface area contributed by atoms with Crippen molar-refractivity contribution in [3.05, 3.63) is 35.4 Å². The van der Waals surface area contributed by atoms with Gasteiger partial charge < -0.3 is 4.40 Å². The molecule has 1 N–H and O–H groups in total. The lowest BCUT2D eigenvalue weighted by Crippen LogP contribution is -2.56. The molecule has 3 fully saturated rings. The van der Waals surface area contributed by atoms with Crippen LogP contribution in [0.5, 0.6) is 0 Å². The molecule has 22 heavy (non-hydrogen) atoms. The number of hydrazine groups is 1. The van der Waals surface area contributed by atoms with Crippen LogP contribution in [0, 0.1) is 5.92 Å². The zero-order chi connectivity index (χ0) is 14.4. The minimum atomic E-state index is -0.137. The number of nitrogens with one attached hydrogen (secondary N) is 1. The smallest absolute Gasteiger partial charge is 0.284 e. The van der Waals surface area contributed by atoms with Gasteiger partial charge in [-0.05, 0) is 43.7 Å². The standard InChI is InChI=1S/C15H17ClN4O.ClH/c16-11-5-13-6-14(17-9-19(13)8-11)15(21)18-20-7-10-1-3-12(20)4-2-10;/h5-6,8-10,12H,1-4,7H2,(H,18,21);1H. The van der Waals surface area contributed by atoms with Crippen molar-refractivity contribution < 1.29 is 4.79 Å². The highest BCUT2D eigenvalue weighted by atomic mass is 35.5. The van der Waals surface area contributed by atoms with Crippen molar-refractivity contribution in [2.45, 2.75) is 31.7 Å². The number of piperidine rings is 2. The number of hydrogen-bond acceptors (Lipinski definition) is 3. The Balaban J connectivity index is 0.00000144. The summed E-state index contributed by atoms with van der Waals surface area (Å²) in [6.45, 7) is 0.968. The first-order valence-corrected chi connectivity index (χ1v) is 7.78. The molecule has 0 spiro atoms. The van der Waals surface area contributed by atoms with Gasteiger partial charge in [-0.25, -0.2) is 9.99 Å². The van der Waals surface area contributed by atoms with Gasteiger partial charge in [0.25, 0.3) is 5.91 Å². The van der Waals surface area contributed by atoms with E-state index in [2.05, 4.69) is 15.4 Å². The fourth-order valence-corrected chi connectivity index (χ4v) is 3.71. The summed E-state index contributed by atoms with van der Waals surface area (Å²) in [6.07, 6.45) is 8.36. The molecule has 1 saturated carbocycles. The van der Waals surface area contributed by atoms with Gasteiger partial charge in [-0.3, -0.25) is 10.2 Å². The highest BCUT2D eigenvalue weighted by Crippen LogP contribution is 2.33. The molecule has 0 radical (unpaired) electrons. The Hall–Kier alpha value is -1.30. The molecule has 4 heterocycles. The summed E-state index contributed by atoms with van der Waals surface area (Å²) in [4.78, 5) is 16.6. The summed E-state index contributed by atoms with van der Waals surface area (Å²) in [7, 11) is 0. The van der Waals surface area contributed by atoms with E-state index >= 15 is 0 Å². The summed E-state index contributed by atoms with van der Waals surface area (Å²) in [5, 5.41) is 2.75. The quantitative estimate of drug-likeness (QED) is 0.914. The molecule has 2 aliphatic heterocycles. The number of carbonyl (C=O) groups is 1. The van der Waals surface area contributed by atoms with E-state index in [0.29, 0.717) is 16.8 Å². The molecule has 5 rings (SSSR count). The number of amides is 1. The molecule has 3 aliphatic rings. The van der Waals surface area contributed by atoms with Gasteiger partial charge in [0.15, 0.2) is 0 Å². The van der Waals surface area contributed by atoms with Crippen molar-refractivity contribution in [1.29, 1.82) is 0 Å². The largest absolute Gasteiger partial charge is 0.306 e. The molecule has 7 heteroatoms. The Morgan fingerprint density at radius 2 is 2.05 bits per heavy atom. The first-order chi connectivity index (χ1) is 10.2. The van der Waals surface area contributed by atoms with Crippen molar-refractivity contribution >= 4 is 35.4 Å². The molecule has 0 aromatic carbocycles. The van der Waals surface area contributed by atoms with Gasteiger partial charge in [-0.1, -0.05) is 11.6 Å². The van der Waals surface area contributed by atoms with E-state index in [1.54, 1.807) is 18.6 Å². The molecule has 118 valence electrons. The van der Waals surface area contributed by atoms with Gasteiger partial charge in [-0.15, -0.1) is 12.4 Å². The lowest BCUT2D eigenvalue weighted by molar-refractivity contribution is 0.00776. The van der Waals surface area contributed by atoms with Crippen LogP contribution in [0.4, 0.5) is 0 Å². The third-order valence-electron chi connectivity index (χ3n) is 4.64. The maximum absolute atomic E-state index is 12.4. The Morgan fingerprint density at radius 1 is 1.27 bits per heavy atom. The number of fused-ring (bicyclic) bond motifs is 4. The SMILES string of the molecule is Cl.O=C(NN1CC2CCC1CC2)c1cc2cc(Cl)cn2cn1. The molecule has 1 amide bonds. The van der Waals surface area contributed by atoms with Crippen molar-refractivity contribution in [2.75, 3.05) is 6.54 Å². The van der Waals surface area contributed by atoms with E-state index in [9.17, 15) is 4.79 Å². The first-order valence-electron chi connectivity index (χ1n) is 7.40. The molecule has 2 aromatic rings. The van der Waals surface area contributed by atoms with Crippen LogP contribution in [-0.2, 0) is 0 Å².